The lowest BCUT2D eigenvalue weighted by molar-refractivity contribution is -0.114. The third-order valence-corrected chi connectivity index (χ3v) is 5.97. The molecule has 4 rings (SSSR count). The van der Waals surface area contributed by atoms with Crippen LogP contribution < -0.4 is 10.5 Å². The van der Waals surface area contributed by atoms with E-state index in [1.807, 2.05) is 11.0 Å². The number of nitrogens with two attached hydrogens (primary N) is 1. The van der Waals surface area contributed by atoms with Crippen molar-refractivity contribution < 1.29 is 19.1 Å². The molecule has 1 fully saturated rings. The van der Waals surface area contributed by atoms with Gasteiger partial charge in [0.05, 0.1) is 18.2 Å². The number of ketones is 1. The third kappa shape index (κ3) is 4.17. The van der Waals surface area contributed by atoms with Gasteiger partial charge in [-0.25, -0.2) is 0 Å². The summed E-state index contributed by atoms with van der Waals surface area (Å²) >= 11 is 0. The molecule has 2 amide bonds. The second-order valence-electron chi connectivity index (χ2n) is 7.92. The van der Waals surface area contributed by atoms with Crippen LogP contribution in [0.2, 0.25) is 0 Å². The Balaban J connectivity index is 1.54. The fraction of sp³-hybridized carbons (Fsp3) is 0.292. The van der Waals surface area contributed by atoms with Gasteiger partial charge in [-0.15, -0.1) is 0 Å². The SMILES string of the molecule is COc1cc2[nH]cc(C(=O)C(N)=O)c2cc1C(=O)N1CCC(Cc2ccccc2)CC1. The van der Waals surface area contributed by atoms with Crippen molar-refractivity contribution in [1.82, 2.24) is 9.88 Å². The highest BCUT2D eigenvalue weighted by molar-refractivity contribution is 6.44. The van der Waals surface area contributed by atoms with Gasteiger partial charge in [-0.1, -0.05) is 30.3 Å². The predicted molar refractivity (Wildman–Crippen MR) is 117 cm³/mol. The standard InChI is InChI=1S/C24H25N3O4/c1-31-21-13-20-17(19(14-26-20)22(28)23(25)29)12-18(21)24(30)27-9-7-16(8-10-27)11-15-5-3-2-4-6-15/h2-6,12-14,16,26H,7-11H2,1H3,(H2,25,29). The maximum atomic E-state index is 13.3. The van der Waals surface area contributed by atoms with E-state index in [1.165, 1.54) is 18.9 Å². The Morgan fingerprint density at radius 2 is 1.81 bits per heavy atom. The molecule has 0 radical (unpaired) electrons. The summed E-state index contributed by atoms with van der Waals surface area (Å²) in [4.78, 5) is 41.5. The lowest BCUT2D eigenvalue weighted by Crippen LogP contribution is -2.39. The van der Waals surface area contributed by atoms with Gasteiger partial charge in [-0.3, -0.25) is 14.4 Å². The molecule has 160 valence electrons. The van der Waals surface area contributed by atoms with Crippen LogP contribution in [0.3, 0.4) is 0 Å². The van der Waals surface area contributed by atoms with Crippen molar-refractivity contribution in [2.24, 2.45) is 11.7 Å². The zero-order chi connectivity index (χ0) is 22.0. The van der Waals surface area contributed by atoms with Crippen molar-refractivity contribution in [2.75, 3.05) is 20.2 Å². The zero-order valence-electron chi connectivity index (χ0n) is 17.4. The van der Waals surface area contributed by atoms with E-state index in [9.17, 15) is 14.4 Å². The molecule has 31 heavy (non-hydrogen) atoms. The van der Waals surface area contributed by atoms with Crippen molar-refractivity contribution in [3.63, 3.8) is 0 Å². The highest BCUT2D eigenvalue weighted by atomic mass is 16.5. The van der Waals surface area contributed by atoms with Gasteiger partial charge in [0, 0.05) is 36.3 Å². The summed E-state index contributed by atoms with van der Waals surface area (Å²) in [5, 5.41) is 0.479. The second kappa shape index (κ2) is 8.63. The number of amides is 2. The van der Waals surface area contributed by atoms with E-state index in [0.29, 0.717) is 41.2 Å². The number of aromatic nitrogens is 1. The number of hydrogen-bond donors (Lipinski definition) is 2. The lowest BCUT2D eigenvalue weighted by Gasteiger charge is -2.32. The van der Waals surface area contributed by atoms with Crippen LogP contribution in [0.15, 0.2) is 48.7 Å². The number of fused-ring (bicyclic) bond motifs is 1. The number of primary amides is 1. The molecule has 2 heterocycles. The molecular formula is C24H25N3O4. The molecule has 0 atom stereocenters. The van der Waals surface area contributed by atoms with Crippen molar-refractivity contribution in [3.05, 3.63) is 65.4 Å². The summed E-state index contributed by atoms with van der Waals surface area (Å²) in [6, 6.07) is 13.7. The number of carbonyl (C=O) groups excluding carboxylic acids is 3. The minimum Gasteiger partial charge on any atom is -0.496 e. The first-order valence-electron chi connectivity index (χ1n) is 10.3. The number of likely N-dealkylation sites (tertiary alicyclic amines) is 1. The van der Waals surface area contributed by atoms with Crippen molar-refractivity contribution in [3.8, 4) is 5.75 Å². The molecule has 0 saturated carbocycles. The van der Waals surface area contributed by atoms with E-state index < -0.39 is 11.7 Å². The van der Waals surface area contributed by atoms with Crippen molar-refractivity contribution in [1.29, 1.82) is 0 Å². The third-order valence-electron chi connectivity index (χ3n) is 5.97. The van der Waals surface area contributed by atoms with Crippen LogP contribution in [0.4, 0.5) is 0 Å². The van der Waals surface area contributed by atoms with Crippen LogP contribution in [0.5, 0.6) is 5.75 Å². The number of H-pyrrole nitrogens is 1. The fourth-order valence-corrected chi connectivity index (χ4v) is 4.26. The summed E-state index contributed by atoms with van der Waals surface area (Å²) in [6.07, 6.45) is 4.31. The Kier molecular flexibility index (Phi) is 5.75. The van der Waals surface area contributed by atoms with E-state index in [4.69, 9.17) is 10.5 Å². The van der Waals surface area contributed by atoms with Gasteiger partial charge in [0.1, 0.15) is 5.75 Å². The average Bonchev–Trinajstić information content (AvgIpc) is 3.21. The van der Waals surface area contributed by atoms with Crippen LogP contribution >= 0.6 is 0 Å². The molecule has 7 nitrogen and oxygen atoms in total. The highest BCUT2D eigenvalue weighted by Gasteiger charge is 2.27. The Hall–Kier alpha value is -3.61. The van der Waals surface area contributed by atoms with E-state index in [0.717, 1.165) is 19.3 Å². The van der Waals surface area contributed by atoms with Gasteiger partial charge < -0.3 is 20.4 Å². The number of rotatable bonds is 6. The van der Waals surface area contributed by atoms with Crippen LogP contribution in [-0.4, -0.2) is 47.7 Å². The first-order chi connectivity index (χ1) is 15.0. The lowest BCUT2D eigenvalue weighted by atomic mass is 9.90. The highest BCUT2D eigenvalue weighted by Crippen LogP contribution is 2.30. The average molecular weight is 419 g/mol. The van der Waals surface area contributed by atoms with E-state index in [2.05, 4.69) is 29.2 Å². The van der Waals surface area contributed by atoms with E-state index in [-0.39, 0.29) is 11.5 Å². The number of ether oxygens (including phenoxy) is 1. The smallest absolute Gasteiger partial charge is 0.289 e. The molecule has 0 unspecified atom stereocenters. The van der Waals surface area contributed by atoms with Crippen molar-refractivity contribution >= 4 is 28.5 Å². The normalized spacial score (nSPS) is 14.5. The number of carbonyl (C=O) groups is 3. The first kappa shape index (κ1) is 20.7. The maximum Gasteiger partial charge on any atom is 0.289 e. The predicted octanol–water partition coefficient (Wildman–Crippen LogP) is 2.94. The topological polar surface area (TPSA) is 105 Å². The summed E-state index contributed by atoms with van der Waals surface area (Å²) < 4.78 is 5.44. The Labute approximate surface area is 180 Å². The summed E-state index contributed by atoms with van der Waals surface area (Å²) in [7, 11) is 1.50. The van der Waals surface area contributed by atoms with Gasteiger partial charge in [0.2, 0.25) is 0 Å². The number of Topliss-reactive ketones (excluding diaryl/α,β-unsaturated/α-hetero) is 1. The number of methoxy groups -OCH3 is 1. The van der Waals surface area contributed by atoms with Gasteiger partial charge >= 0.3 is 0 Å². The Bertz CT molecular complexity index is 1130. The molecular weight excluding hydrogens is 394 g/mol. The summed E-state index contributed by atoms with van der Waals surface area (Å²) in [5.74, 6) is -1.01. The van der Waals surface area contributed by atoms with E-state index in [1.54, 1.807) is 12.1 Å². The minimum atomic E-state index is -1.04. The number of aromatic amines is 1. The molecule has 0 spiro atoms. The van der Waals surface area contributed by atoms with Gasteiger partial charge in [-0.05, 0) is 36.8 Å². The largest absolute Gasteiger partial charge is 0.496 e. The minimum absolute atomic E-state index is 0.143. The van der Waals surface area contributed by atoms with Gasteiger partial charge in [0.15, 0.2) is 0 Å². The Morgan fingerprint density at radius 3 is 2.45 bits per heavy atom. The summed E-state index contributed by atoms with van der Waals surface area (Å²) in [6.45, 7) is 1.33. The molecule has 1 aliphatic rings. The molecule has 1 aliphatic heterocycles. The number of piperidine rings is 1. The van der Waals surface area contributed by atoms with Crippen molar-refractivity contribution in [2.45, 2.75) is 19.3 Å². The molecule has 0 aliphatic carbocycles. The molecule has 0 bridgehead atoms. The number of nitrogens with one attached hydrogen (secondary N) is 1. The monoisotopic (exact) mass is 419 g/mol. The number of hydrogen-bond acceptors (Lipinski definition) is 4. The van der Waals surface area contributed by atoms with Gasteiger partial charge in [-0.2, -0.15) is 0 Å². The zero-order valence-corrected chi connectivity index (χ0v) is 17.4. The molecule has 3 N–H and O–H groups in total. The van der Waals surface area contributed by atoms with Crippen LogP contribution in [0.1, 0.15) is 39.1 Å². The molecule has 3 aromatic rings. The molecule has 1 aromatic heterocycles. The maximum absolute atomic E-state index is 13.3. The van der Waals surface area contributed by atoms with Crippen LogP contribution in [0, 0.1) is 5.92 Å². The van der Waals surface area contributed by atoms with Crippen LogP contribution in [-0.2, 0) is 11.2 Å². The number of benzene rings is 2. The first-order valence-corrected chi connectivity index (χ1v) is 10.3. The molecule has 1 saturated heterocycles. The quantitative estimate of drug-likeness (QED) is 0.473. The number of nitrogens with zero attached hydrogens (tertiary/aromatic N) is 1. The van der Waals surface area contributed by atoms with Gasteiger partial charge in [0.25, 0.3) is 17.6 Å². The van der Waals surface area contributed by atoms with Crippen LogP contribution in [0.25, 0.3) is 10.9 Å². The van der Waals surface area contributed by atoms with E-state index >= 15 is 0 Å². The molecule has 2 aromatic carbocycles. The summed E-state index contributed by atoms with van der Waals surface area (Å²) in [5.41, 5.74) is 7.59. The fourth-order valence-electron chi connectivity index (χ4n) is 4.26. The molecule has 7 heteroatoms. The second-order valence-corrected chi connectivity index (χ2v) is 7.92. The Morgan fingerprint density at radius 1 is 1.10 bits per heavy atom.